The van der Waals surface area contributed by atoms with E-state index >= 15 is 0 Å². The van der Waals surface area contributed by atoms with Gasteiger partial charge in [0.1, 0.15) is 16.3 Å². The van der Waals surface area contributed by atoms with Gasteiger partial charge in [0.15, 0.2) is 15.5 Å². The minimum Gasteiger partial charge on any atom is -0.382 e. The number of amides is 1. The third-order valence-corrected chi connectivity index (χ3v) is 9.81. The van der Waals surface area contributed by atoms with Gasteiger partial charge in [-0.05, 0) is 44.6 Å². The Labute approximate surface area is 231 Å². The van der Waals surface area contributed by atoms with Crippen LogP contribution in [0.2, 0.25) is 0 Å². The highest BCUT2D eigenvalue weighted by atomic mass is 32.2. The maximum absolute atomic E-state index is 13.0. The molecule has 5 heterocycles. The van der Waals surface area contributed by atoms with Crippen LogP contribution >= 0.6 is 0 Å². The van der Waals surface area contributed by atoms with Gasteiger partial charge in [0.25, 0.3) is 5.91 Å². The van der Waals surface area contributed by atoms with Crippen molar-refractivity contribution >= 4 is 27.2 Å². The Balaban J connectivity index is 1.29. The smallest absolute Gasteiger partial charge is 0.255 e. The SMILES string of the molecule is CS(=O)(=O)c1c(C2C[C@H]3CC[C@@H](C2)N3C(=O)C2(O)CC2)nc2c(-c3ccc(-c4ccccc4)nc3)cnn2c1N. The van der Waals surface area contributed by atoms with E-state index in [-0.39, 0.29) is 34.6 Å². The molecule has 0 spiro atoms. The van der Waals surface area contributed by atoms with Gasteiger partial charge < -0.3 is 15.7 Å². The summed E-state index contributed by atoms with van der Waals surface area (Å²) in [7, 11) is -3.74. The second-order valence-corrected chi connectivity index (χ2v) is 13.3. The first-order valence-corrected chi connectivity index (χ1v) is 15.5. The number of fused-ring (bicyclic) bond motifs is 3. The van der Waals surface area contributed by atoms with E-state index in [2.05, 4.69) is 10.1 Å². The number of carbonyl (C=O) groups is 1. The molecule has 2 aliphatic heterocycles. The average Bonchev–Trinajstić information content (AvgIpc) is 3.46. The van der Waals surface area contributed by atoms with Gasteiger partial charge in [-0.2, -0.15) is 9.61 Å². The molecule has 4 aromatic rings. The first-order valence-electron chi connectivity index (χ1n) is 13.6. The number of benzene rings is 1. The van der Waals surface area contributed by atoms with Crippen LogP contribution in [0.5, 0.6) is 0 Å². The number of nitrogen functional groups attached to an aromatic ring is 1. The number of rotatable bonds is 5. The zero-order valence-electron chi connectivity index (χ0n) is 22.1. The lowest BCUT2D eigenvalue weighted by molar-refractivity contribution is -0.147. The number of pyridine rings is 1. The van der Waals surface area contributed by atoms with E-state index in [0.717, 1.165) is 35.9 Å². The van der Waals surface area contributed by atoms with E-state index in [1.807, 2.05) is 47.4 Å². The van der Waals surface area contributed by atoms with Crippen LogP contribution in [-0.2, 0) is 14.6 Å². The van der Waals surface area contributed by atoms with Crippen LogP contribution in [0, 0.1) is 0 Å². The van der Waals surface area contributed by atoms with Crippen LogP contribution in [-0.4, -0.2) is 67.9 Å². The molecule has 1 amide bonds. The van der Waals surface area contributed by atoms with Crippen LogP contribution in [0.1, 0.15) is 50.1 Å². The first kappa shape index (κ1) is 25.2. The summed E-state index contributed by atoms with van der Waals surface area (Å²) in [5.41, 5.74) is 9.50. The highest BCUT2D eigenvalue weighted by Gasteiger charge is 2.55. The summed E-state index contributed by atoms with van der Waals surface area (Å²) in [5, 5.41) is 14.9. The summed E-state index contributed by atoms with van der Waals surface area (Å²) in [6.07, 6.45) is 8.33. The van der Waals surface area contributed by atoms with Crippen molar-refractivity contribution in [3.05, 3.63) is 60.6 Å². The number of sulfone groups is 1. The van der Waals surface area contributed by atoms with Gasteiger partial charge in [-0.25, -0.2) is 13.4 Å². The largest absolute Gasteiger partial charge is 0.382 e. The molecule has 1 aromatic carbocycles. The van der Waals surface area contributed by atoms with Crippen LogP contribution in [0.25, 0.3) is 28.0 Å². The lowest BCUT2D eigenvalue weighted by Gasteiger charge is -2.40. The predicted molar refractivity (Wildman–Crippen MR) is 149 cm³/mol. The number of aromatic nitrogens is 4. The van der Waals surface area contributed by atoms with Crippen molar-refractivity contribution in [1.82, 2.24) is 24.5 Å². The van der Waals surface area contributed by atoms with E-state index in [4.69, 9.17) is 10.7 Å². The normalized spacial score (nSPS) is 23.4. The minimum atomic E-state index is -3.74. The van der Waals surface area contributed by atoms with E-state index in [0.29, 0.717) is 42.6 Å². The van der Waals surface area contributed by atoms with E-state index < -0.39 is 15.4 Å². The quantitative estimate of drug-likeness (QED) is 0.380. The maximum Gasteiger partial charge on any atom is 0.255 e. The van der Waals surface area contributed by atoms with Crippen molar-refractivity contribution in [2.24, 2.45) is 0 Å². The van der Waals surface area contributed by atoms with E-state index in [1.165, 1.54) is 4.52 Å². The van der Waals surface area contributed by atoms with Gasteiger partial charge >= 0.3 is 0 Å². The molecule has 3 aliphatic rings. The van der Waals surface area contributed by atoms with Crippen LogP contribution in [0.3, 0.4) is 0 Å². The van der Waals surface area contributed by atoms with Crippen molar-refractivity contribution in [3.8, 4) is 22.4 Å². The Bertz CT molecular complexity index is 1730. The molecule has 3 fully saturated rings. The van der Waals surface area contributed by atoms with Crippen LogP contribution < -0.4 is 5.73 Å². The molecule has 1 aliphatic carbocycles. The van der Waals surface area contributed by atoms with Crippen LogP contribution in [0.15, 0.2) is 59.8 Å². The second-order valence-electron chi connectivity index (χ2n) is 11.4. The molecule has 7 rings (SSSR count). The number of aliphatic hydroxyl groups is 1. The molecule has 1 unspecified atom stereocenters. The molecule has 2 saturated heterocycles. The second kappa shape index (κ2) is 8.84. The van der Waals surface area contributed by atoms with Crippen molar-refractivity contribution in [3.63, 3.8) is 0 Å². The fourth-order valence-corrected chi connectivity index (χ4v) is 7.57. The number of carbonyl (C=O) groups excluding carboxylic acids is 1. The number of hydrogen-bond acceptors (Lipinski definition) is 8. The molecule has 0 radical (unpaired) electrons. The molecule has 10 nitrogen and oxygen atoms in total. The Kier molecular flexibility index (Phi) is 5.56. The van der Waals surface area contributed by atoms with Gasteiger partial charge in [0.05, 0.1) is 17.6 Å². The summed E-state index contributed by atoms with van der Waals surface area (Å²) in [6, 6.07) is 13.6. The molecule has 1 saturated carbocycles. The topological polar surface area (TPSA) is 144 Å². The molecule has 3 aromatic heterocycles. The number of anilines is 1. The zero-order chi connectivity index (χ0) is 27.8. The fourth-order valence-electron chi connectivity index (χ4n) is 6.52. The van der Waals surface area contributed by atoms with E-state index in [9.17, 15) is 18.3 Å². The highest BCUT2D eigenvalue weighted by Crippen LogP contribution is 2.48. The van der Waals surface area contributed by atoms with Gasteiger partial charge in [0, 0.05) is 47.1 Å². The number of nitrogens with two attached hydrogens (primary N) is 1. The van der Waals surface area contributed by atoms with Gasteiger partial charge in [-0.1, -0.05) is 36.4 Å². The Morgan fingerprint density at radius 1 is 1.02 bits per heavy atom. The summed E-state index contributed by atoms with van der Waals surface area (Å²) in [6.45, 7) is 0. The predicted octanol–water partition coefficient (Wildman–Crippen LogP) is 3.21. The van der Waals surface area contributed by atoms with Crippen molar-refractivity contribution in [2.45, 2.75) is 67.0 Å². The molecular weight excluding hydrogens is 528 g/mol. The first-order chi connectivity index (χ1) is 19.1. The van der Waals surface area contributed by atoms with Gasteiger partial charge in [0.2, 0.25) is 0 Å². The summed E-state index contributed by atoms with van der Waals surface area (Å²) in [5.74, 6) is -0.358. The van der Waals surface area contributed by atoms with Crippen molar-refractivity contribution in [1.29, 1.82) is 0 Å². The van der Waals surface area contributed by atoms with Crippen LogP contribution in [0.4, 0.5) is 5.82 Å². The lowest BCUT2D eigenvalue weighted by atomic mass is 9.87. The molecule has 2 bridgehead atoms. The third kappa shape index (κ3) is 3.98. The molecular formula is C29H30N6O4S. The monoisotopic (exact) mass is 558 g/mol. The molecule has 3 N–H and O–H groups in total. The zero-order valence-corrected chi connectivity index (χ0v) is 22.9. The number of nitrogens with zero attached hydrogens (tertiary/aromatic N) is 5. The lowest BCUT2D eigenvalue weighted by Crippen LogP contribution is -2.51. The third-order valence-electron chi connectivity index (χ3n) is 8.65. The summed E-state index contributed by atoms with van der Waals surface area (Å²) < 4.78 is 27.4. The number of piperidine rings is 1. The summed E-state index contributed by atoms with van der Waals surface area (Å²) in [4.78, 5) is 24.5. The van der Waals surface area contributed by atoms with Crippen molar-refractivity contribution in [2.75, 3.05) is 12.0 Å². The molecule has 40 heavy (non-hydrogen) atoms. The van der Waals surface area contributed by atoms with Crippen molar-refractivity contribution < 1.29 is 18.3 Å². The molecule has 206 valence electrons. The Hall–Kier alpha value is -3.83. The van der Waals surface area contributed by atoms with E-state index in [1.54, 1.807) is 12.4 Å². The minimum absolute atomic E-state index is 0.00259. The highest BCUT2D eigenvalue weighted by molar-refractivity contribution is 7.91. The Morgan fingerprint density at radius 2 is 1.73 bits per heavy atom. The maximum atomic E-state index is 13.0. The molecule has 3 atom stereocenters. The van der Waals surface area contributed by atoms with Gasteiger partial charge in [-0.3, -0.25) is 9.78 Å². The summed E-state index contributed by atoms with van der Waals surface area (Å²) >= 11 is 0. The van der Waals surface area contributed by atoms with Gasteiger partial charge in [-0.15, -0.1) is 0 Å². The average molecular weight is 559 g/mol. The fraction of sp³-hybridized carbons (Fsp3) is 0.379. The Morgan fingerprint density at radius 3 is 2.33 bits per heavy atom. The molecule has 11 heteroatoms. The number of hydrogen-bond donors (Lipinski definition) is 2. The standard InChI is InChI=1S/C29H30N6O4S/c1-40(38,39)25-24(19-13-20-8-9-21(14-19)34(20)28(36)29(37)11-12-29)33-27-22(16-32-35(27)26(25)30)18-7-10-23(31-15-18)17-5-3-2-4-6-17/h2-7,10,15-16,19-21,37H,8-9,11-14,30H2,1H3/t19?,20-,21+.